The lowest BCUT2D eigenvalue weighted by Crippen LogP contribution is -2.53. The molecule has 0 unspecified atom stereocenters. The number of aryl methyl sites for hydroxylation is 3. The molecule has 7 nitrogen and oxygen atoms in total. The van der Waals surface area contributed by atoms with E-state index in [0.29, 0.717) is 12.1 Å². The second kappa shape index (κ2) is 12.9. The Morgan fingerprint density at radius 3 is 2.08 bits per heavy atom. The summed E-state index contributed by atoms with van der Waals surface area (Å²) in [7, 11) is -4.08. The van der Waals surface area contributed by atoms with Gasteiger partial charge >= 0.3 is 0 Å². The molecule has 0 aliphatic heterocycles. The molecule has 0 saturated heterocycles. The zero-order valence-electron chi connectivity index (χ0n) is 23.6. The Balaban J connectivity index is 2.09. The maximum Gasteiger partial charge on any atom is 0.264 e. The number of anilines is 1. The fraction of sp³-hybridized carbons (Fsp3) is 0.355. The first kappa shape index (κ1) is 29.9. The molecule has 0 fully saturated rings. The molecule has 3 rings (SSSR count). The van der Waals surface area contributed by atoms with Gasteiger partial charge in [-0.1, -0.05) is 55.5 Å². The normalized spacial score (nSPS) is 12.2. The smallest absolute Gasteiger partial charge is 0.264 e. The van der Waals surface area contributed by atoms with E-state index in [4.69, 9.17) is 0 Å². The first-order valence-electron chi connectivity index (χ1n) is 13.2. The van der Waals surface area contributed by atoms with E-state index in [1.807, 2.05) is 71.9 Å². The van der Waals surface area contributed by atoms with Crippen molar-refractivity contribution in [3.63, 3.8) is 0 Å². The van der Waals surface area contributed by atoms with Crippen LogP contribution in [0.5, 0.6) is 0 Å². The lowest BCUT2D eigenvalue weighted by Gasteiger charge is -2.34. The fourth-order valence-electron chi connectivity index (χ4n) is 4.40. The molecular formula is C31H39N3O4S. The number of amides is 2. The van der Waals surface area contributed by atoms with Gasteiger partial charge in [-0.2, -0.15) is 0 Å². The van der Waals surface area contributed by atoms with Crippen LogP contribution >= 0.6 is 0 Å². The monoisotopic (exact) mass is 549 g/mol. The average Bonchev–Trinajstić information content (AvgIpc) is 2.89. The van der Waals surface area contributed by atoms with Crippen molar-refractivity contribution in [2.45, 2.75) is 71.5 Å². The minimum absolute atomic E-state index is 0.0890. The van der Waals surface area contributed by atoms with Gasteiger partial charge in [0, 0.05) is 12.6 Å². The molecule has 0 aliphatic carbocycles. The van der Waals surface area contributed by atoms with E-state index in [1.54, 1.807) is 30.3 Å². The third-order valence-corrected chi connectivity index (χ3v) is 8.60. The highest BCUT2D eigenvalue weighted by Crippen LogP contribution is 2.27. The lowest BCUT2D eigenvalue weighted by atomic mass is 10.1. The van der Waals surface area contributed by atoms with Crippen LogP contribution in [0.25, 0.3) is 0 Å². The molecule has 1 N–H and O–H groups in total. The van der Waals surface area contributed by atoms with Crippen LogP contribution in [0.15, 0.2) is 77.7 Å². The summed E-state index contributed by atoms with van der Waals surface area (Å²) in [5.74, 6) is -0.722. The number of hydrogen-bond donors (Lipinski definition) is 1. The van der Waals surface area contributed by atoms with Crippen LogP contribution in [0.4, 0.5) is 5.69 Å². The maximum absolute atomic E-state index is 14.1. The van der Waals surface area contributed by atoms with E-state index in [2.05, 4.69) is 5.32 Å². The molecule has 1 atom stereocenters. The summed E-state index contributed by atoms with van der Waals surface area (Å²) in [4.78, 5) is 28.9. The Morgan fingerprint density at radius 2 is 1.49 bits per heavy atom. The molecule has 2 amide bonds. The molecule has 3 aromatic carbocycles. The highest BCUT2D eigenvalue weighted by Gasteiger charge is 2.34. The van der Waals surface area contributed by atoms with E-state index in [9.17, 15) is 18.0 Å². The highest BCUT2D eigenvalue weighted by molar-refractivity contribution is 7.92. The van der Waals surface area contributed by atoms with Crippen molar-refractivity contribution in [2.75, 3.05) is 10.8 Å². The number of nitrogens with one attached hydrogen (secondary N) is 1. The van der Waals surface area contributed by atoms with E-state index in [-0.39, 0.29) is 23.4 Å². The van der Waals surface area contributed by atoms with Gasteiger partial charge in [0.15, 0.2) is 0 Å². The number of nitrogens with zero attached hydrogens (tertiary/aromatic N) is 2. The quantitative estimate of drug-likeness (QED) is 0.359. The fourth-order valence-corrected chi connectivity index (χ4v) is 5.83. The highest BCUT2D eigenvalue weighted by atomic mass is 32.2. The third kappa shape index (κ3) is 7.26. The summed E-state index contributed by atoms with van der Waals surface area (Å²) in [5, 5.41) is 2.92. The molecule has 3 aromatic rings. The number of carbonyl (C=O) groups is 2. The van der Waals surface area contributed by atoms with Crippen LogP contribution in [0.3, 0.4) is 0 Å². The molecule has 0 aromatic heterocycles. The maximum atomic E-state index is 14.1. The molecular weight excluding hydrogens is 510 g/mol. The van der Waals surface area contributed by atoms with Gasteiger partial charge in [0.25, 0.3) is 10.0 Å². The van der Waals surface area contributed by atoms with E-state index in [1.165, 1.54) is 17.0 Å². The van der Waals surface area contributed by atoms with Crippen LogP contribution in [-0.4, -0.2) is 43.8 Å². The summed E-state index contributed by atoms with van der Waals surface area (Å²) < 4.78 is 28.9. The van der Waals surface area contributed by atoms with Gasteiger partial charge in [-0.25, -0.2) is 8.42 Å². The average molecular weight is 550 g/mol. The summed E-state index contributed by atoms with van der Waals surface area (Å²) in [6.07, 6.45) is 0.380. The molecule has 0 heterocycles. The van der Waals surface area contributed by atoms with Gasteiger partial charge in [-0.3, -0.25) is 13.9 Å². The number of rotatable bonds is 11. The Bertz CT molecular complexity index is 1400. The minimum atomic E-state index is -4.08. The van der Waals surface area contributed by atoms with Gasteiger partial charge in [-0.15, -0.1) is 0 Å². The van der Waals surface area contributed by atoms with Crippen molar-refractivity contribution in [1.82, 2.24) is 10.2 Å². The Labute approximate surface area is 232 Å². The molecule has 0 bridgehead atoms. The van der Waals surface area contributed by atoms with Crippen molar-refractivity contribution < 1.29 is 18.0 Å². The number of hydrogen-bond acceptors (Lipinski definition) is 4. The standard InChI is InChI=1S/C31H39N3O4S/c1-7-29(31(36)32-22(2)3)33(20-26-14-12-11-13-24(26)5)30(35)21-34(27-18-17-23(4)25(6)19-27)39(37,38)28-15-9-8-10-16-28/h8-19,22,29H,7,20-21H2,1-6H3,(H,32,36)/t29-/m1/s1. The predicted molar refractivity (Wildman–Crippen MR) is 156 cm³/mol. The van der Waals surface area contributed by atoms with Crippen LogP contribution in [0, 0.1) is 20.8 Å². The van der Waals surface area contributed by atoms with Gasteiger partial charge in [-0.05, 0) is 87.6 Å². The molecule has 0 saturated carbocycles. The minimum Gasteiger partial charge on any atom is -0.352 e. The van der Waals surface area contributed by atoms with Crippen LogP contribution in [0.2, 0.25) is 0 Å². The molecule has 8 heteroatoms. The van der Waals surface area contributed by atoms with Crippen molar-refractivity contribution in [1.29, 1.82) is 0 Å². The van der Waals surface area contributed by atoms with Crippen molar-refractivity contribution >= 4 is 27.5 Å². The first-order chi connectivity index (χ1) is 18.4. The zero-order chi connectivity index (χ0) is 28.7. The predicted octanol–water partition coefficient (Wildman–Crippen LogP) is 5.14. The molecule has 39 heavy (non-hydrogen) atoms. The van der Waals surface area contributed by atoms with Gasteiger partial charge in [0.05, 0.1) is 10.6 Å². The summed E-state index contributed by atoms with van der Waals surface area (Å²) in [5.41, 5.74) is 4.20. The second-order valence-electron chi connectivity index (χ2n) is 10.1. The number of sulfonamides is 1. The van der Waals surface area contributed by atoms with Crippen LogP contribution in [-0.2, 0) is 26.2 Å². The number of benzene rings is 3. The van der Waals surface area contributed by atoms with Crippen molar-refractivity contribution in [3.8, 4) is 0 Å². The Kier molecular flexibility index (Phi) is 9.92. The van der Waals surface area contributed by atoms with E-state index < -0.39 is 28.5 Å². The Morgan fingerprint density at radius 1 is 0.846 bits per heavy atom. The van der Waals surface area contributed by atoms with Gasteiger partial charge in [0.2, 0.25) is 11.8 Å². The third-order valence-electron chi connectivity index (χ3n) is 6.81. The van der Waals surface area contributed by atoms with Crippen LogP contribution in [0.1, 0.15) is 49.4 Å². The lowest BCUT2D eigenvalue weighted by molar-refractivity contribution is -0.140. The molecule has 0 aliphatic rings. The largest absolute Gasteiger partial charge is 0.352 e. The first-order valence-corrected chi connectivity index (χ1v) is 14.7. The summed E-state index contributed by atoms with van der Waals surface area (Å²) in [6, 6.07) is 20.2. The van der Waals surface area contributed by atoms with Crippen molar-refractivity contribution in [2.24, 2.45) is 0 Å². The van der Waals surface area contributed by atoms with E-state index >= 15 is 0 Å². The Hall–Kier alpha value is -3.65. The summed E-state index contributed by atoms with van der Waals surface area (Å²) in [6.45, 7) is 11.1. The molecule has 0 radical (unpaired) electrons. The second-order valence-corrected chi connectivity index (χ2v) is 12.0. The summed E-state index contributed by atoms with van der Waals surface area (Å²) >= 11 is 0. The van der Waals surface area contributed by atoms with Gasteiger partial charge < -0.3 is 10.2 Å². The molecule has 0 spiro atoms. The van der Waals surface area contributed by atoms with E-state index in [0.717, 1.165) is 26.6 Å². The van der Waals surface area contributed by atoms with Crippen LogP contribution < -0.4 is 9.62 Å². The van der Waals surface area contributed by atoms with Crippen molar-refractivity contribution in [3.05, 3.63) is 95.1 Å². The topological polar surface area (TPSA) is 86.8 Å². The SMILES string of the molecule is CC[C@H](C(=O)NC(C)C)N(Cc1ccccc1C)C(=O)CN(c1ccc(C)c(C)c1)S(=O)(=O)c1ccccc1. The number of carbonyl (C=O) groups excluding carboxylic acids is 2. The molecule has 208 valence electrons. The van der Waals surface area contributed by atoms with Gasteiger partial charge in [0.1, 0.15) is 12.6 Å². The zero-order valence-corrected chi connectivity index (χ0v) is 24.5.